The van der Waals surface area contributed by atoms with Crippen molar-refractivity contribution >= 4 is 5.96 Å². The van der Waals surface area contributed by atoms with Crippen LogP contribution in [0.25, 0.3) is 0 Å². The maximum absolute atomic E-state index is 5.94. The van der Waals surface area contributed by atoms with Gasteiger partial charge in [0.2, 0.25) is 0 Å². The highest BCUT2D eigenvalue weighted by Crippen LogP contribution is 2.21. The molecule has 2 atom stereocenters. The Labute approximate surface area is 135 Å². The zero-order valence-electron chi connectivity index (χ0n) is 14.5. The minimum absolute atomic E-state index is 0.188. The summed E-state index contributed by atoms with van der Waals surface area (Å²) in [4.78, 5) is 7.22. The zero-order valence-corrected chi connectivity index (χ0v) is 14.5. The molecule has 2 unspecified atom stereocenters. The molecule has 2 saturated heterocycles. The van der Waals surface area contributed by atoms with E-state index in [0.29, 0.717) is 5.92 Å². The van der Waals surface area contributed by atoms with Gasteiger partial charge in [0.15, 0.2) is 5.96 Å². The molecule has 0 radical (unpaired) electrons. The summed E-state index contributed by atoms with van der Waals surface area (Å²) in [6.07, 6.45) is 5.13. The van der Waals surface area contributed by atoms with Crippen molar-refractivity contribution in [2.24, 2.45) is 10.9 Å². The number of rotatable bonds is 6. The van der Waals surface area contributed by atoms with Crippen molar-refractivity contribution in [3.63, 3.8) is 0 Å². The molecule has 2 heterocycles. The normalized spacial score (nSPS) is 26.7. The molecule has 0 aliphatic carbocycles. The molecule has 2 aliphatic heterocycles. The lowest BCUT2D eigenvalue weighted by Crippen LogP contribution is -2.53. The zero-order chi connectivity index (χ0) is 15.8. The fourth-order valence-corrected chi connectivity index (χ4v) is 3.18. The van der Waals surface area contributed by atoms with E-state index in [2.05, 4.69) is 31.0 Å². The average Bonchev–Trinajstić information content (AvgIpc) is 3.09. The molecule has 5 nitrogen and oxygen atoms in total. The molecule has 0 bridgehead atoms. The third-order valence-electron chi connectivity index (χ3n) is 4.76. The van der Waals surface area contributed by atoms with Crippen molar-refractivity contribution in [3.8, 4) is 0 Å². The van der Waals surface area contributed by atoms with Gasteiger partial charge in [0.25, 0.3) is 0 Å². The van der Waals surface area contributed by atoms with Gasteiger partial charge in [-0.3, -0.25) is 4.99 Å². The first-order chi connectivity index (χ1) is 10.8. The number of ether oxygens (including phenoxy) is 2. The summed E-state index contributed by atoms with van der Waals surface area (Å²) in [5, 5.41) is 3.45. The van der Waals surface area contributed by atoms with Crippen LogP contribution in [-0.4, -0.2) is 62.5 Å². The first-order valence-corrected chi connectivity index (χ1v) is 9.04. The third-order valence-corrected chi connectivity index (χ3v) is 4.76. The van der Waals surface area contributed by atoms with Crippen LogP contribution in [0.3, 0.4) is 0 Å². The summed E-state index contributed by atoms with van der Waals surface area (Å²) in [6, 6.07) is 0. The third kappa shape index (κ3) is 4.85. The summed E-state index contributed by atoms with van der Waals surface area (Å²) >= 11 is 0. The molecule has 2 aliphatic rings. The van der Waals surface area contributed by atoms with Crippen LogP contribution in [0.5, 0.6) is 0 Å². The van der Waals surface area contributed by atoms with E-state index in [9.17, 15) is 0 Å². The number of guanidine groups is 1. The van der Waals surface area contributed by atoms with E-state index in [4.69, 9.17) is 14.5 Å². The van der Waals surface area contributed by atoms with E-state index in [1.165, 1.54) is 12.8 Å². The van der Waals surface area contributed by atoms with Gasteiger partial charge in [0, 0.05) is 32.8 Å². The van der Waals surface area contributed by atoms with E-state index >= 15 is 0 Å². The number of nitrogens with zero attached hydrogens (tertiary/aromatic N) is 2. The number of aliphatic imine (C=N–C) groups is 1. The number of nitrogens with one attached hydrogen (secondary N) is 1. The molecule has 0 aromatic carbocycles. The van der Waals surface area contributed by atoms with Crippen LogP contribution in [-0.2, 0) is 9.47 Å². The van der Waals surface area contributed by atoms with Crippen molar-refractivity contribution in [1.29, 1.82) is 0 Å². The number of morpholine rings is 1. The van der Waals surface area contributed by atoms with E-state index in [1.54, 1.807) is 0 Å². The molecule has 0 saturated carbocycles. The summed E-state index contributed by atoms with van der Waals surface area (Å²) in [6.45, 7) is 11.9. The highest BCUT2D eigenvalue weighted by Gasteiger charge is 2.32. The number of hydrogen-bond acceptors (Lipinski definition) is 3. The number of hydrogen-bond donors (Lipinski definition) is 1. The first kappa shape index (κ1) is 17.5. The van der Waals surface area contributed by atoms with Crippen LogP contribution in [0, 0.1) is 5.92 Å². The standard InChI is InChI=1S/C17H33N3O2/c1-4-14(5-2)12-19-17(18-6-3)20-9-11-22-16(13-20)15-8-7-10-21-15/h14-16H,4-13H2,1-3H3,(H,18,19). The molecule has 0 aromatic rings. The van der Waals surface area contributed by atoms with Gasteiger partial charge in [-0.05, 0) is 25.7 Å². The van der Waals surface area contributed by atoms with Gasteiger partial charge in [-0.25, -0.2) is 0 Å². The SMILES string of the molecule is CCNC(=NCC(CC)CC)N1CCOC(C2CCCO2)C1. The fraction of sp³-hybridized carbons (Fsp3) is 0.941. The largest absolute Gasteiger partial charge is 0.375 e. The minimum Gasteiger partial charge on any atom is -0.375 e. The van der Waals surface area contributed by atoms with E-state index < -0.39 is 0 Å². The second-order valence-corrected chi connectivity index (χ2v) is 6.28. The van der Waals surface area contributed by atoms with Crippen LogP contribution in [0.4, 0.5) is 0 Å². The summed E-state index contributed by atoms with van der Waals surface area (Å²) in [5.74, 6) is 1.73. The van der Waals surface area contributed by atoms with Crippen LogP contribution >= 0.6 is 0 Å². The Kier molecular flexibility index (Phi) is 7.46. The molecular formula is C17H33N3O2. The lowest BCUT2D eigenvalue weighted by molar-refractivity contribution is -0.0817. The molecule has 0 spiro atoms. The Hall–Kier alpha value is -0.810. The molecule has 1 N–H and O–H groups in total. The van der Waals surface area contributed by atoms with Crippen molar-refractivity contribution in [1.82, 2.24) is 10.2 Å². The van der Waals surface area contributed by atoms with E-state index in [0.717, 1.165) is 58.2 Å². The Morgan fingerprint density at radius 3 is 2.59 bits per heavy atom. The maximum atomic E-state index is 5.94. The van der Waals surface area contributed by atoms with Crippen LogP contribution < -0.4 is 5.32 Å². The molecule has 0 aromatic heterocycles. The summed E-state index contributed by atoms with van der Waals surface area (Å²) < 4.78 is 11.7. The van der Waals surface area contributed by atoms with Gasteiger partial charge in [-0.1, -0.05) is 26.7 Å². The van der Waals surface area contributed by atoms with Gasteiger partial charge < -0.3 is 19.7 Å². The highest BCUT2D eigenvalue weighted by molar-refractivity contribution is 5.80. The first-order valence-electron chi connectivity index (χ1n) is 9.04. The Morgan fingerprint density at radius 2 is 1.95 bits per heavy atom. The molecule has 2 rings (SSSR count). The van der Waals surface area contributed by atoms with Gasteiger partial charge in [0.05, 0.1) is 12.7 Å². The lowest BCUT2D eigenvalue weighted by atomic mass is 10.0. The Bertz CT molecular complexity index is 339. The van der Waals surface area contributed by atoms with Crippen molar-refractivity contribution in [3.05, 3.63) is 0 Å². The minimum atomic E-state index is 0.188. The van der Waals surface area contributed by atoms with Crippen molar-refractivity contribution < 1.29 is 9.47 Å². The van der Waals surface area contributed by atoms with Gasteiger partial charge in [-0.2, -0.15) is 0 Å². The van der Waals surface area contributed by atoms with Crippen LogP contribution in [0.15, 0.2) is 4.99 Å². The van der Waals surface area contributed by atoms with Crippen LogP contribution in [0.1, 0.15) is 46.5 Å². The second-order valence-electron chi connectivity index (χ2n) is 6.28. The Balaban J connectivity index is 1.95. The molecule has 0 amide bonds. The van der Waals surface area contributed by atoms with Crippen LogP contribution in [0.2, 0.25) is 0 Å². The molecule has 128 valence electrons. The second kappa shape index (κ2) is 9.36. The predicted octanol–water partition coefficient (Wildman–Crippen LogP) is 2.27. The average molecular weight is 311 g/mol. The van der Waals surface area contributed by atoms with E-state index in [-0.39, 0.29) is 12.2 Å². The monoisotopic (exact) mass is 311 g/mol. The van der Waals surface area contributed by atoms with Gasteiger partial charge in [-0.15, -0.1) is 0 Å². The maximum Gasteiger partial charge on any atom is 0.194 e. The Morgan fingerprint density at radius 1 is 1.18 bits per heavy atom. The van der Waals surface area contributed by atoms with E-state index in [1.807, 2.05) is 0 Å². The lowest BCUT2D eigenvalue weighted by Gasteiger charge is -2.37. The van der Waals surface area contributed by atoms with Crippen molar-refractivity contribution in [2.45, 2.75) is 58.7 Å². The quantitative estimate of drug-likeness (QED) is 0.604. The topological polar surface area (TPSA) is 46.1 Å². The molecule has 5 heteroatoms. The molecule has 22 heavy (non-hydrogen) atoms. The molecule has 2 fully saturated rings. The summed E-state index contributed by atoms with van der Waals surface area (Å²) in [5.41, 5.74) is 0. The fourth-order valence-electron chi connectivity index (χ4n) is 3.18. The van der Waals surface area contributed by atoms with Crippen molar-refractivity contribution in [2.75, 3.05) is 39.4 Å². The predicted molar refractivity (Wildman–Crippen MR) is 90.3 cm³/mol. The summed E-state index contributed by atoms with van der Waals surface area (Å²) in [7, 11) is 0. The smallest absolute Gasteiger partial charge is 0.194 e. The molecular weight excluding hydrogens is 278 g/mol. The van der Waals surface area contributed by atoms with Gasteiger partial charge >= 0.3 is 0 Å². The highest BCUT2D eigenvalue weighted by atomic mass is 16.5. The van der Waals surface area contributed by atoms with Gasteiger partial charge in [0.1, 0.15) is 6.10 Å².